The fourth-order valence-electron chi connectivity index (χ4n) is 1.47. The van der Waals surface area contributed by atoms with Crippen LogP contribution < -0.4 is 5.32 Å². The molecule has 0 atom stereocenters. The number of hydrogen-bond donors (Lipinski definition) is 1. The lowest BCUT2D eigenvalue weighted by atomic mass is 10.4. The molecule has 2 rings (SSSR count). The number of nitrogens with zero attached hydrogens (tertiary/aromatic N) is 2. The molecule has 0 saturated carbocycles. The number of nitrogens with one attached hydrogen (secondary N) is 1. The minimum absolute atomic E-state index is 0.631. The largest absolute Gasteiger partial charge is 0.379 e. The molecule has 0 bridgehead atoms. The summed E-state index contributed by atoms with van der Waals surface area (Å²) in [4.78, 5) is 8.90. The summed E-state index contributed by atoms with van der Waals surface area (Å²) >= 11 is 1.87. The Hall–Kier alpha value is -0.810. The van der Waals surface area contributed by atoms with Crippen molar-refractivity contribution in [2.45, 2.75) is 24.9 Å². The minimum atomic E-state index is 0.631. The normalized spacial score (nSPS) is 15.9. The van der Waals surface area contributed by atoms with Gasteiger partial charge in [-0.1, -0.05) is 0 Å². The van der Waals surface area contributed by atoms with Crippen LogP contribution in [0.2, 0.25) is 0 Å². The van der Waals surface area contributed by atoms with Crippen LogP contribution in [0.15, 0.2) is 6.07 Å². The highest BCUT2D eigenvalue weighted by Crippen LogP contribution is 2.22. The topological polar surface area (TPSA) is 47.0 Å². The third kappa shape index (κ3) is 3.09. The van der Waals surface area contributed by atoms with E-state index in [1.807, 2.05) is 24.8 Å². The molecule has 0 radical (unpaired) electrons. The molecule has 1 aromatic heterocycles. The van der Waals surface area contributed by atoms with Crippen molar-refractivity contribution >= 4 is 17.6 Å². The molecule has 88 valence electrons. The molecule has 1 fully saturated rings. The van der Waals surface area contributed by atoms with E-state index in [1.54, 1.807) is 0 Å². The van der Waals surface area contributed by atoms with Crippen molar-refractivity contribution in [3.8, 4) is 0 Å². The second-order valence-corrected chi connectivity index (χ2v) is 5.10. The Kier molecular flexibility index (Phi) is 4.01. The lowest BCUT2D eigenvalue weighted by Crippen LogP contribution is -2.30. The first-order valence-electron chi connectivity index (χ1n) is 5.55. The van der Waals surface area contributed by atoms with Gasteiger partial charge in [0.15, 0.2) is 0 Å². The molecule has 1 aliphatic rings. The highest BCUT2D eigenvalue weighted by Gasteiger charge is 2.19. The summed E-state index contributed by atoms with van der Waals surface area (Å²) in [6.07, 6.45) is 0. The maximum Gasteiger partial charge on any atom is 0.140 e. The van der Waals surface area contributed by atoms with Gasteiger partial charge in [0.25, 0.3) is 0 Å². The van der Waals surface area contributed by atoms with E-state index in [1.165, 1.54) is 0 Å². The van der Waals surface area contributed by atoms with Crippen molar-refractivity contribution in [3.05, 3.63) is 17.6 Å². The molecule has 0 amide bonds. The summed E-state index contributed by atoms with van der Waals surface area (Å²) in [7, 11) is 0. The summed E-state index contributed by atoms with van der Waals surface area (Å²) in [5.74, 6) is 2.71. The molecule has 1 aliphatic heterocycles. The molecule has 16 heavy (non-hydrogen) atoms. The van der Waals surface area contributed by atoms with Crippen LogP contribution in [0.4, 0.5) is 5.82 Å². The SMILES string of the molecule is CCNc1cc(C)nc(CSC2COC2)n1. The zero-order valence-electron chi connectivity index (χ0n) is 9.69. The number of aromatic nitrogens is 2. The van der Waals surface area contributed by atoms with Crippen molar-refractivity contribution in [1.29, 1.82) is 0 Å². The van der Waals surface area contributed by atoms with Crippen LogP contribution in [0.1, 0.15) is 18.4 Å². The van der Waals surface area contributed by atoms with Gasteiger partial charge in [-0.25, -0.2) is 9.97 Å². The van der Waals surface area contributed by atoms with E-state index < -0.39 is 0 Å². The van der Waals surface area contributed by atoms with Crippen LogP contribution >= 0.6 is 11.8 Å². The molecule has 0 spiro atoms. The van der Waals surface area contributed by atoms with Crippen molar-refractivity contribution in [3.63, 3.8) is 0 Å². The van der Waals surface area contributed by atoms with Crippen LogP contribution in [0.25, 0.3) is 0 Å². The summed E-state index contributed by atoms with van der Waals surface area (Å²) in [6.45, 7) is 6.70. The Morgan fingerprint density at radius 2 is 2.31 bits per heavy atom. The molecule has 0 aromatic carbocycles. The van der Waals surface area contributed by atoms with Gasteiger partial charge >= 0.3 is 0 Å². The predicted molar refractivity (Wildman–Crippen MR) is 66.8 cm³/mol. The van der Waals surface area contributed by atoms with E-state index >= 15 is 0 Å². The van der Waals surface area contributed by atoms with Gasteiger partial charge in [0.05, 0.1) is 24.2 Å². The average molecular weight is 239 g/mol. The van der Waals surface area contributed by atoms with Gasteiger partial charge < -0.3 is 10.1 Å². The van der Waals surface area contributed by atoms with E-state index in [-0.39, 0.29) is 0 Å². The lowest BCUT2D eigenvalue weighted by Gasteiger charge is -2.24. The lowest BCUT2D eigenvalue weighted by molar-refractivity contribution is 0.0455. The van der Waals surface area contributed by atoms with E-state index in [4.69, 9.17) is 4.74 Å². The van der Waals surface area contributed by atoms with Gasteiger partial charge in [-0.3, -0.25) is 0 Å². The Morgan fingerprint density at radius 1 is 1.50 bits per heavy atom. The fraction of sp³-hybridized carbons (Fsp3) is 0.636. The number of ether oxygens (including phenoxy) is 1. The van der Waals surface area contributed by atoms with Gasteiger partial charge in [-0.2, -0.15) is 0 Å². The van der Waals surface area contributed by atoms with Crippen LogP contribution in [0, 0.1) is 6.92 Å². The molecule has 1 aromatic rings. The first-order chi connectivity index (χ1) is 7.78. The second-order valence-electron chi connectivity index (χ2n) is 3.81. The molecule has 0 aliphatic carbocycles. The maximum atomic E-state index is 5.14. The number of rotatable bonds is 5. The van der Waals surface area contributed by atoms with Crippen molar-refractivity contribution in [2.24, 2.45) is 0 Å². The van der Waals surface area contributed by atoms with E-state index in [9.17, 15) is 0 Å². The third-order valence-electron chi connectivity index (χ3n) is 2.31. The average Bonchev–Trinajstić information content (AvgIpc) is 2.14. The number of anilines is 1. The first kappa shape index (κ1) is 11.7. The first-order valence-corrected chi connectivity index (χ1v) is 6.60. The standard InChI is InChI=1S/C11H17N3OS/c1-3-12-10-4-8(2)13-11(14-10)7-16-9-5-15-6-9/h4,9H,3,5-7H2,1-2H3,(H,12,13,14). The Labute approximate surface area is 100 Å². The smallest absolute Gasteiger partial charge is 0.140 e. The van der Waals surface area contributed by atoms with Gasteiger partial charge in [0.2, 0.25) is 0 Å². The van der Waals surface area contributed by atoms with Crippen LogP contribution in [0.3, 0.4) is 0 Å². The third-order valence-corrected chi connectivity index (χ3v) is 3.48. The summed E-state index contributed by atoms with van der Waals surface area (Å²) < 4.78 is 5.14. The summed E-state index contributed by atoms with van der Waals surface area (Å²) in [6, 6.07) is 1.98. The van der Waals surface area contributed by atoms with Crippen molar-refractivity contribution in [2.75, 3.05) is 25.1 Å². The van der Waals surface area contributed by atoms with Crippen molar-refractivity contribution in [1.82, 2.24) is 9.97 Å². The Bertz CT molecular complexity index is 355. The van der Waals surface area contributed by atoms with Gasteiger partial charge in [-0.15, -0.1) is 11.8 Å². The van der Waals surface area contributed by atoms with E-state index in [2.05, 4.69) is 22.2 Å². The van der Waals surface area contributed by atoms with Crippen molar-refractivity contribution < 1.29 is 4.74 Å². The maximum absolute atomic E-state index is 5.14. The van der Waals surface area contributed by atoms with Gasteiger partial charge in [0, 0.05) is 18.3 Å². The molecule has 0 unspecified atom stereocenters. The molecule has 1 N–H and O–H groups in total. The number of hydrogen-bond acceptors (Lipinski definition) is 5. The molecular weight excluding hydrogens is 222 g/mol. The van der Waals surface area contributed by atoms with Gasteiger partial charge in [-0.05, 0) is 13.8 Å². The number of thioether (sulfide) groups is 1. The molecule has 1 saturated heterocycles. The summed E-state index contributed by atoms with van der Waals surface area (Å²) in [5.41, 5.74) is 1.02. The van der Waals surface area contributed by atoms with E-state index in [0.717, 1.165) is 42.8 Å². The molecule has 5 heteroatoms. The Balaban J connectivity index is 1.95. The quantitative estimate of drug-likeness (QED) is 0.849. The molecular formula is C11H17N3OS. The molecule has 2 heterocycles. The fourth-order valence-corrected chi connectivity index (χ4v) is 2.37. The minimum Gasteiger partial charge on any atom is -0.379 e. The molecule has 4 nitrogen and oxygen atoms in total. The highest BCUT2D eigenvalue weighted by molar-refractivity contribution is 7.99. The van der Waals surface area contributed by atoms with Crippen LogP contribution in [-0.2, 0) is 10.5 Å². The van der Waals surface area contributed by atoms with E-state index in [0.29, 0.717) is 5.25 Å². The number of aryl methyl sites for hydroxylation is 1. The van der Waals surface area contributed by atoms with Crippen LogP contribution in [0.5, 0.6) is 0 Å². The Morgan fingerprint density at radius 3 is 2.94 bits per heavy atom. The second kappa shape index (κ2) is 5.50. The van der Waals surface area contributed by atoms with Gasteiger partial charge in [0.1, 0.15) is 11.6 Å². The zero-order valence-corrected chi connectivity index (χ0v) is 10.5. The van der Waals surface area contributed by atoms with Crippen LogP contribution in [-0.4, -0.2) is 35.0 Å². The predicted octanol–water partition coefficient (Wildman–Crippen LogP) is 1.85. The summed E-state index contributed by atoms with van der Waals surface area (Å²) in [5, 5.41) is 3.85. The monoisotopic (exact) mass is 239 g/mol. The highest BCUT2D eigenvalue weighted by atomic mass is 32.2. The zero-order chi connectivity index (χ0) is 11.4.